The molecule has 0 saturated carbocycles. The molecule has 0 spiro atoms. The van der Waals surface area contributed by atoms with Crippen LogP contribution in [-0.4, -0.2) is 23.7 Å². The van der Waals surface area contributed by atoms with Crippen LogP contribution in [-0.2, 0) is 0 Å². The zero-order valence-electron chi connectivity index (χ0n) is 14.2. The average Bonchev–Trinajstić information content (AvgIpc) is 2.47. The van der Waals surface area contributed by atoms with Crippen molar-refractivity contribution in [2.24, 2.45) is 0 Å². The van der Waals surface area contributed by atoms with E-state index in [1.165, 1.54) is 18.4 Å². The fraction of sp³-hybridized carbons (Fsp3) is 0.667. The fourth-order valence-corrected chi connectivity index (χ4v) is 3.09. The van der Waals surface area contributed by atoms with Gasteiger partial charge in [0.25, 0.3) is 0 Å². The minimum absolute atomic E-state index is 0.228. The molecule has 2 nitrogen and oxygen atoms in total. The van der Waals surface area contributed by atoms with E-state index in [2.05, 4.69) is 76.0 Å². The maximum atomic E-state index is 5.72. The lowest BCUT2D eigenvalue weighted by Gasteiger charge is -2.21. The molecule has 0 heterocycles. The highest BCUT2D eigenvalue weighted by Crippen LogP contribution is 2.24. The summed E-state index contributed by atoms with van der Waals surface area (Å²) in [6.07, 6.45) is 2.62. The largest absolute Gasteiger partial charge is 0.491 e. The molecule has 0 bridgehead atoms. The highest BCUT2D eigenvalue weighted by Gasteiger charge is 2.12. The molecule has 1 rings (SSSR count). The first kappa shape index (κ1) is 18.4. The summed E-state index contributed by atoms with van der Waals surface area (Å²) >= 11 is 2.05. The molecule has 1 N–H and O–H groups in total. The van der Waals surface area contributed by atoms with E-state index < -0.39 is 0 Å². The zero-order chi connectivity index (χ0) is 15.7. The van der Waals surface area contributed by atoms with Gasteiger partial charge in [-0.2, -0.15) is 11.8 Å². The summed E-state index contributed by atoms with van der Waals surface area (Å²) in [5.74, 6) is 2.08. The van der Waals surface area contributed by atoms with Crippen molar-refractivity contribution in [2.75, 3.05) is 12.3 Å². The second-order valence-electron chi connectivity index (χ2n) is 5.79. The molecule has 2 atom stereocenters. The maximum absolute atomic E-state index is 5.72. The van der Waals surface area contributed by atoms with Gasteiger partial charge >= 0.3 is 0 Å². The number of thioether (sulfide) groups is 1. The number of benzene rings is 1. The number of ether oxygens (including phenoxy) is 1. The van der Waals surface area contributed by atoms with Gasteiger partial charge in [-0.1, -0.05) is 32.9 Å². The van der Waals surface area contributed by atoms with Crippen LogP contribution >= 0.6 is 11.8 Å². The molecule has 0 aromatic heterocycles. The molecule has 21 heavy (non-hydrogen) atoms. The van der Waals surface area contributed by atoms with Gasteiger partial charge in [-0.3, -0.25) is 0 Å². The summed E-state index contributed by atoms with van der Waals surface area (Å²) < 4.78 is 5.72. The van der Waals surface area contributed by atoms with Crippen molar-refractivity contribution in [1.82, 2.24) is 5.32 Å². The van der Waals surface area contributed by atoms with Crippen molar-refractivity contribution < 1.29 is 4.74 Å². The maximum Gasteiger partial charge on any atom is 0.119 e. The summed E-state index contributed by atoms with van der Waals surface area (Å²) in [5, 5.41) is 4.39. The summed E-state index contributed by atoms with van der Waals surface area (Å²) in [6, 6.07) is 9.00. The van der Waals surface area contributed by atoms with Gasteiger partial charge in [-0.15, -0.1) is 0 Å². The Bertz CT molecular complexity index is 377. The Morgan fingerprint density at radius 3 is 2.29 bits per heavy atom. The molecule has 1 aromatic rings. The van der Waals surface area contributed by atoms with Crippen LogP contribution in [0.25, 0.3) is 0 Å². The molecule has 1 aromatic carbocycles. The minimum atomic E-state index is 0.228. The number of nitrogens with one attached hydrogen (secondary N) is 1. The summed E-state index contributed by atoms with van der Waals surface area (Å²) in [7, 11) is 0. The van der Waals surface area contributed by atoms with Gasteiger partial charge in [-0.25, -0.2) is 0 Å². The van der Waals surface area contributed by atoms with Crippen molar-refractivity contribution in [3.8, 4) is 5.75 Å². The highest BCUT2D eigenvalue weighted by atomic mass is 32.2. The van der Waals surface area contributed by atoms with Crippen LogP contribution in [0.2, 0.25) is 0 Å². The molecule has 2 unspecified atom stereocenters. The summed E-state index contributed by atoms with van der Waals surface area (Å²) in [6.45, 7) is 12.0. The van der Waals surface area contributed by atoms with Crippen LogP contribution < -0.4 is 10.1 Å². The van der Waals surface area contributed by atoms with Gasteiger partial charge in [0.2, 0.25) is 0 Å². The van der Waals surface area contributed by atoms with E-state index in [9.17, 15) is 0 Å². The number of hydrogen-bond acceptors (Lipinski definition) is 3. The molecule has 0 aliphatic rings. The van der Waals surface area contributed by atoms with Crippen LogP contribution in [0.4, 0.5) is 0 Å². The lowest BCUT2D eigenvalue weighted by Crippen LogP contribution is -2.24. The predicted octanol–water partition coefficient (Wildman–Crippen LogP) is 5.05. The van der Waals surface area contributed by atoms with Crippen molar-refractivity contribution in [3.63, 3.8) is 0 Å². The highest BCUT2D eigenvalue weighted by molar-refractivity contribution is 7.99. The van der Waals surface area contributed by atoms with E-state index >= 15 is 0 Å². The second-order valence-corrected chi connectivity index (χ2v) is 7.27. The Hall–Kier alpha value is -0.670. The van der Waals surface area contributed by atoms with E-state index in [1.54, 1.807) is 0 Å². The molecule has 0 aliphatic heterocycles. The lowest BCUT2D eigenvalue weighted by atomic mass is 10.1. The van der Waals surface area contributed by atoms with E-state index in [-0.39, 0.29) is 6.10 Å². The van der Waals surface area contributed by atoms with Gasteiger partial charge in [0, 0.05) is 17.0 Å². The van der Waals surface area contributed by atoms with Crippen molar-refractivity contribution in [1.29, 1.82) is 0 Å². The van der Waals surface area contributed by atoms with Gasteiger partial charge in [0.05, 0.1) is 6.10 Å². The molecule has 0 aliphatic carbocycles. The fourth-order valence-electron chi connectivity index (χ4n) is 2.02. The van der Waals surface area contributed by atoms with Crippen LogP contribution in [0.3, 0.4) is 0 Å². The monoisotopic (exact) mass is 309 g/mol. The first-order valence-electron chi connectivity index (χ1n) is 8.18. The Kier molecular flexibility index (Phi) is 8.86. The predicted molar refractivity (Wildman–Crippen MR) is 95.5 cm³/mol. The Morgan fingerprint density at radius 1 is 1.10 bits per heavy atom. The molecule has 3 heteroatoms. The second kappa shape index (κ2) is 10.1. The molecule has 0 radical (unpaired) electrons. The van der Waals surface area contributed by atoms with Crippen LogP contribution in [0, 0.1) is 0 Å². The molecular formula is C18H31NOS. The molecule has 0 saturated heterocycles. The zero-order valence-corrected chi connectivity index (χ0v) is 15.0. The summed E-state index contributed by atoms with van der Waals surface area (Å²) in [4.78, 5) is 0. The number of hydrogen-bond donors (Lipinski definition) is 1. The van der Waals surface area contributed by atoms with Gasteiger partial charge in [-0.05, 0) is 50.9 Å². The normalized spacial score (nSPS) is 14.2. The van der Waals surface area contributed by atoms with Gasteiger partial charge in [0.1, 0.15) is 5.75 Å². The number of rotatable bonds is 10. The Balaban J connectivity index is 2.67. The first-order chi connectivity index (χ1) is 10.1. The third kappa shape index (κ3) is 7.23. The topological polar surface area (TPSA) is 21.3 Å². The molecule has 120 valence electrons. The van der Waals surface area contributed by atoms with Crippen molar-refractivity contribution in [2.45, 2.75) is 64.9 Å². The lowest BCUT2D eigenvalue weighted by molar-refractivity contribution is 0.242. The SMILES string of the molecule is CCCNC(CSC(C)CC)c1ccc(OC(C)C)cc1. The third-order valence-electron chi connectivity index (χ3n) is 3.42. The van der Waals surface area contributed by atoms with E-state index in [0.717, 1.165) is 23.3 Å². The minimum Gasteiger partial charge on any atom is -0.491 e. The smallest absolute Gasteiger partial charge is 0.119 e. The van der Waals surface area contributed by atoms with E-state index in [1.807, 2.05) is 0 Å². The van der Waals surface area contributed by atoms with Crippen LogP contribution in [0.5, 0.6) is 5.75 Å². The molecule has 0 fully saturated rings. The van der Waals surface area contributed by atoms with E-state index in [0.29, 0.717) is 6.04 Å². The van der Waals surface area contributed by atoms with E-state index in [4.69, 9.17) is 4.74 Å². The van der Waals surface area contributed by atoms with Crippen molar-refractivity contribution in [3.05, 3.63) is 29.8 Å². The first-order valence-corrected chi connectivity index (χ1v) is 9.23. The molecule has 0 amide bonds. The average molecular weight is 310 g/mol. The van der Waals surface area contributed by atoms with Crippen LogP contribution in [0.1, 0.15) is 59.1 Å². The summed E-state index contributed by atoms with van der Waals surface area (Å²) in [5.41, 5.74) is 1.36. The van der Waals surface area contributed by atoms with Crippen molar-refractivity contribution >= 4 is 11.8 Å². The van der Waals surface area contributed by atoms with Gasteiger partial charge in [0.15, 0.2) is 0 Å². The Labute approximate surface area is 135 Å². The standard InChI is InChI=1S/C18H31NOS/c1-6-12-19-18(13-21-15(5)7-2)16-8-10-17(11-9-16)20-14(3)4/h8-11,14-15,18-19H,6-7,12-13H2,1-5H3. The quantitative estimate of drug-likeness (QED) is 0.654. The third-order valence-corrected chi connectivity index (χ3v) is 4.85. The van der Waals surface area contributed by atoms with Gasteiger partial charge < -0.3 is 10.1 Å². The molecular weight excluding hydrogens is 278 g/mol. The Morgan fingerprint density at radius 2 is 1.76 bits per heavy atom. The van der Waals surface area contributed by atoms with Crippen LogP contribution in [0.15, 0.2) is 24.3 Å².